The zero-order valence-electron chi connectivity index (χ0n) is 13.2. The molecule has 4 nitrogen and oxygen atoms in total. The van der Waals surface area contributed by atoms with Gasteiger partial charge < -0.3 is 10.1 Å². The summed E-state index contributed by atoms with van der Waals surface area (Å²) in [5.41, 5.74) is 1.30. The highest BCUT2D eigenvalue weighted by molar-refractivity contribution is 5.40. The van der Waals surface area contributed by atoms with Crippen LogP contribution in [0.2, 0.25) is 0 Å². The molecule has 1 heterocycles. The summed E-state index contributed by atoms with van der Waals surface area (Å²) in [7, 11) is 0. The van der Waals surface area contributed by atoms with Crippen molar-refractivity contribution in [2.24, 2.45) is 0 Å². The second-order valence-electron chi connectivity index (χ2n) is 5.22. The first-order chi connectivity index (χ1) is 10.1. The molecule has 0 spiro atoms. The molecule has 0 aliphatic rings. The summed E-state index contributed by atoms with van der Waals surface area (Å²) >= 11 is 0. The highest BCUT2D eigenvalue weighted by atomic mass is 16.5. The maximum atomic E-state index is 5.85. The summed E-state index contributed by atoms with van der Waals surface area (Å²) in [5.74, 6) is 3.48. The minimum atomic E-state index is 0.519. The minimum Gasteiger partial charge on any atom is -0.439 e. The molecule has 0 atom stereocenters. The lowest BCUT2D eigenvalue weighted by molar-refractivity contribution is 0.459. The summed E-state index contributed by atoms with van der Waals surface area (Å²) in [5, 5.41) is 3.20. The van der Waals surface area contributed by atoms with Gasteiger partial charge in [0.2, 0.25) is 5.88 Å². The molecule has 0 bridgehead atoms. The van der Waals surface area contributed by atoms with Gasteiger partial charge in [0.05, 0.1) is 0 Å². The Hall–Kier alpha value is -2.10. The van der Waals surface area contributed by atoms with Crippen LogP contribution in [-0.2, 0) is 6.42 Å². The molecule has 0 fully saturated rings. The number of aromatic nitrogens is 2. The number of anilines is 1. The van der Waals surface area contributed by atoms with Gasteiger partial charge in [0.15, 0.2) is 0 Å². The number of benzene rings is 1. The van der Waals surface area contributed by atoms with Gasteiger partial charge in [-0.15, -0.1) is 0 Å². The Morgan fingerprint density at radius 2 is 1.81 bits per heavy atom. The number of nitrogens with zero attached hydrogens (tertiary/aromatic N) is 2. The summed E-state index contributed by atoms with van der Waals surface area (Å²) in [6, 6.07) is 9.98. The molecule has 4 heteroatoms. The zero-order chi connectivity index (χ0) is 15.2. The SMILES string of the molecule is CCNc1cc(Oc2ccc(C(C)C)cc2)nc(CC)n1. The monoisotopic (exact) mass is 285 g/mol. The predicted molar refractivity (Wildman–Crippen MR) is 86.2 cm³/mol. The van der Waals surface area contributed by atoms with Gasteiger partial charge in [0.25, 0.3) is 0 Å². The van der Waals surface area contributed by atoms with E-state index in [0.717, 1.165) is 30.4 Å². The van der Waals surface area contributed by atoms with Crippen molar-refractivity contribution in [2.45, 2.75) is 40.0 Å². The second-order valence-corrected chi connectivity index (χ2v) is 5.22. The van der Waals surface area contributed by atoms with Crippen molar-refractivity contribution in [1.82, 2.24) is 9.97 Å². The molecule has 1 aromatic carbocycles. The number of aryl methyl sites for hydroxylation is 1. The summed E-state index contributed by atoms with van der Waals surface area (Å²) in [4.78, 5) is 8.83. The van der Waals surface area contributed by atoms with Crippen molar-refractivity contribution in [3.05, 3.63) is 41.7 Å². The van der Waals surface area contributed by atoms with Gasteiger partial charge in [0, 0.05) is 19.0 Å². The fourth-order valence-corrected chi connectivity index (χ4v) is 2.00. The normalized spacial score (nSPS) is 10.7. The van der Waals surface area contributed by atoms with E-state index in [1.165, 1.54) is 5.56 Å². The average molecular weight is 285 g/mol. The molecule has 1 N–H and O–H groups in total. The van der Waals surface area contributed by atoms with Crippen LogP contribution in [0.4, 0.5) is 5.82 Å². The molecule has 0 amide bonds. The third-order valence-corrected chi connectivity index (χ3v) is 3.19. The number of hydrogen-bond acceptors (Lipinski definition) is 4. The molecular formula is C17H23N3O. The molecule has 2 rings (SSSR count). The van der Waals surface area contributed by atoms with Crippen molar-refractivity contribution >= 4 is 5.82 Å². The molecule has 112 valence electrons. The molecule has 21 heavy (non-hydrogen) atoms. The van der Waals surface area contributed by atoms with Crippen LogP contribution in [0, 0.1) is 0 Å². The molecular weight excluding hydrogens is 262 g/mol. The van der Waals surface area contributed by atoms with Crippen LogP contribution in [0.15, 0.2) is 30.3 Å². The molecule has 0 saturated heterocycles. The quantitative estimate of drug-likeness (QED) is 0.855. The molecule has 0 radical (unpaired) electrons. The van der Waals surface area contributed by atoms with Crippen molar-refractivity contribution < 1.29 is 4.74 Å². The Kier molecular flexibility index (Phi) is 5.14. The van der Waals surface area contributed by atoms with Crippen LogP contribution >= 0.6 is 0 Å². The topological polar surface area (TPSA) is 47.0 Å². The van der Waals surface area contributed by atoms with E-state index in [1.54, 1.807) is 0 Å². The fraction of sp³-hybridized carbons (Fsp3) is 0.412. The highest BCUT2D eigenvalue weighted by Gasteiger charge is 2.06. The summed E-state index contributed by atoms with van der Waals surface area (Å²) in [6.45, 7) is 9.25. The third kappa shape index (κ3) is 4.18. The Bertz CT molecular complexity index is 579. The number of hydrogen-bond donors (Lipinski definition) is 1. The number of nitrogens with one attached hydrogen (secondary N) is 1. The van der Waals surface area contributed by atoms with E-state index in [9.17, 15) is 0 Å². The predicted octanol–water partition coefficient (Wildman–Crippen LogP) is 4.39. The molecule has 0 unspecified atom stereocenters. The molecule has 1 aromatic heterocycles. The van der Waals surface area contributed by atoms with E-state index in [1.807, 2.05) is 32.0 Å². The smallest absolute Gasteiger partial charge is 0.224 e. The molecule has 0 aliphatic heterocycles. The van der Waals surface area contributed by atoms with Crippen LogP contribution < -0.4 is 10.1 Å². The van der Waals surface area contributed by atoms with E-state index >= 15 is 0 Å². The second kappa shape index (κ2) is 7.07. The Labute approximate surface area is 126 Å². The van der Waals surface area contributed by atoms with E-state index in [0.29, 0.717) is 11.8 Å². The molecule has 2 aromatic rings. The fourth-order valence-electron chi connectivity index (χ4n) is 2.00. The molecule has 0 aliphatic carbocycles. The van der Waals surface area contributed by atoms with Gasteiger partial charge in [-0.05, 0) is 30.5 Å². The van der Waals surface area contributed by atoms with E-state index < -0.39 is 0 Å². The van der Waals surface area contributed by atoms with Crippen LogP contribution in [0.1, 0.15) is 45.0 Å². The molecule has 0 saturated carbocycles. The Morgan fingerprint density at radius 1 is 1.10 bits per heavy atom. The minimum absolute atomic E-state index is 0.519. The van der Waals surface area contributed by atoms with Crippen molar-refractivity contribution in [3.63, 3.8) is 0 Å². The third-order valence-electron chi connectivity index (χ3n) is 3.19. The summed E-state index contributed by atoms with van der Waals surface area (Å²) in [6.07, 6.45) is 0.780. The van der Waals surface area contributed by atoms with Gasteiger partial charge in [0.1, 0.15) is 17.4 Å². The number of ether oxygens (including phenoxy) is 1. The van der Waals surface area contributed by atoms with Crippen LogP contribution in [0.3, 0.4) is 0 Å². The standard InChI is InChI=1S/C17H23N3O/c1-5-15-19-16(18-6-2)11-17(20-15)21-14-9-7-13(8-10-14)12(3)4/h7-12H,5-6H2,1-4H3,(H,18,19,20). The van der Waals surface area contributed by atoms with Gasteiger partial charge >= 0.3 is 0 Å². The van der Waals surface area contributed by atoms with Gasteiger partial charge in [-0.3, -0.25) is 0 Å². The van der Waals surface area contributed by atoms with E-state index in [4.69, 9.17) is 4.74 Å². The van der Waals surface area contributed by atoms with Crippen LogP contribution in [0.5, 0.6) is 11.6 Å². The van der Waals surface area contributed by atoms with Crippen molar-refractivity contribution in [3.8, 4) is 11.6 Å². The first-order valence-corrected chi connectivity index (χ1v) is 7.52. The van der Waals surface area contributed by atoms with Crippen LogP contribution in [0.25, 0.3) is 0 Å². The lowest BCUT2D eigenvalue weighted by Crippen LogP contribution is -2.04. The Morgan fingerprint density at radius 3 is 2.38 bits per heavy atom. The van der Waals surface area contributed by atoms with E-state index in [-0.39, 0.29) is 0 Å². The highest BCUT2D eigenvalue weighted by Crippen LogP contribution is 2.24. The maximum Gasteiger partial charge on any atom is 0.224 e. The van der Waals surface area contributed by atoms with Crippen molar-refractivity contribution in [1.29, 1.82) is 0 Å². The van der Waals surface area contributed by atoms with Gasteiger partial charge in [-0.25, -0.2) is 4.98 Å². The first kappa shape index (κ1) is 15.3. The van der Waals surface area contributed by atoms with Gasteiger partial charge in [-0.1, -0.05) is 32.9 Å². The average Bonchev–Trinajstić information content (AvgIpc) is 2.48. The van der Waals surface area contributed by atoms with E-state index in [2.05, 4.69) is 41.3 Å². The van der Waals surface area contributed by atoms with Crippen LogP contribution in [-0.4, -0.2) is 16.5 Å². The van der Waals surface area contributed by atoms with Crippen molar-refractivity contribution in [2.75, 3.05) is 11.9 Å². The summed E-state index contributed by atoms with van der Waals surface area (Å²) < 4.78 is 5.85. The lowest BCUT2D eigenvalue weighted by atomic mass is 10.0. The van der Waals surface area contributed by atoms with Gasteiger partial charge in [-0.2, -0.15) is 4.98 Å². The maximum absolute atomic E-state index is 5.85. The number of rotatable bonds is 6. The lowest BCUT2D eigenvalue weighted by Gasteiger charge is -2.10. The first-order valence-electron chi connectivity index (χ1n) is 7.52. The largest absolute Gasteiger partial charge is 0.439 e. The zero-order valence-corrected chi connectivity index (χ0v) is 13.2. The Balaban J connectivity index is 2.19.